The molecule has 1 N–H and O–H groups in total. The van der Waals surface area contributed by atoms with Crippen molar-refractivity contribution < 1.29 is 4.74 Å². The predicted molar refractivity (Wildman–Crippen MR) is 79.6 cm³/mol. The van der Waals surface area contributed by atoms with E-state index in [4.69, 9.17) is 4.74 Å². The summed E-state index contributed by atoms with van der Waals surface area (Å²) in [5, 5.41) is 3.42. The van der Waals surface area contributed by atoms with Crippen LogP contribution in [0.25, 0.3) is 0 Å². The van der Waals surface area contributed by atoms with Crippen molar-refractivity contribution in [2.75, 3.05) is 6.54 Å². The van der Waals surface area contributed by atoms with Gasteiger partial charge in [-0.3, -0.25) is 0 Å². The Labute approximate surface area is 120 Å². The fourth-order valence-corrected chi connectivity index (χ4v) is 2.10. The van der Waals surface area contributed by atoms with Gasteiger partial charge in [0.1, 0.15) is 12.4 Å². The van der Waals surface area contributed by atoms with Gasteiger partial charge < -0.3 is 10.1 Å². The summed E-state index contributed by atoms with van der Waals surface area (Å²) in [6, 6.07) is 8.29. The lowest BCUT2D eigenvalue weighted by atomic mass is 10.0. The standard InChI is InChI=1S/C16H21N3O/c1-4-17-13(3)14-10-12(2)6-7-15(14)20-11-16-18-8-5-9-19-16/h5-10,13,17H,4,11H2,1-3H3. The third-order valence-corrected chi connectivity index (χ3v) is 3.12. The third-order valence-electron chi connectivity index (χ3n) is 3.12. The van der Waals surface area contributed by atoms with E-state index in [1.807, 2.05) is 6.07 Å². The first-order valence-corrected chi connectivity index (χ1v) is 6.93. The van der Waals surface area contributed by atoms with Crippen LogP contribution < -0.4 is 10.1 Å². The highest BCUT2D eigenvalue weighted by molar-refractivity contribution is 5.39. The lowest BCUT2D eigenvalue weighted by Crippen LogP contribution is -2.18. The molecule has 2 aromatic rings. The number of nitrogens with zero attached hydrogens (tertiary/aromatic N) is 2. The van der Waals surface area contributed by atoms with Crippen molar-refractivity contribution in [3.8, 4) is 5.75 Å². The van der Waals surface area contributed by atoms with Crippen LogP contribution in [0, 0.1) is 6.92 Å². The number of rotatable bonds is 6. The van der Waals surface area contributed by atoms with Gasteiger partial charge in [0.2, 0.25) is 0 Å². The summed E-state index contributed by atoms with van der Waals surface area (Å²) in [6.45, 7) is 7.65. The molecule has 0 aliphatic heterocycles. The van der Waals surface area contributed by atoms with E-state index in [9.17, 15) is 0 Å². The van der Waals surface area contributed by atoms with E-state index in [1.165, 1.54) is 11.1 Å². The highest BCUT2D eigenvalue weighted by atomic mass is 16.5. The van der Waals surface area contributed by atoms with E-state index < -0.39 is 0 Å². The SMILES string of the molecule is CCNC(C)c1cc(C)ccc1OCc1ncccn1. The van der Waals surface area contributed by atoms with E-state index in [-0.39, 0.29) is 6.04 Å². The smallest absolute Gasteiger partial charge is 0.166 e. The Bertz CT molecular complexity index is 543. The molecule has 1 aromatic carbocycles. The second-order valence-electron chi connectivity index (χ2n) is 4.77. The molecule has 0 saturated carbocycles. The van der Waals surface area contributed by atoms with Gasteiger partial charge in [-0.2, -0.15) is 0 Å². The largest absolute Gasteiger partial charge is 0.485 e. The number of aromatic nitrogens is 2. The first-order chi connectivity index (χ1) is 9.70. The maximum atomic E-state index is 5.88. The van der Waals surface area contributed by atoms with Crippen molar-refractivity contribution in [3.63, 3.8) is 0 Å². The van der Waals surface area contributed by atoms with Crippen LogP contribution in [0.2, 0.25) is 0 Å². The summed E-state index contributed by atoms with van der Waals surface area (Å²) in [5.41, 5.74) is 2.40. The predicted octanol–water partition coefficient (Wildman–Crippen LogP) is 3.03. The molecule has 0 spiro atoms. The summed E-state index contributed by atoms with van der Waals surface area (Å²) in [7, 11) is 0. The van der Waals surface area contributed by atoms with Crippen LogP contribution in [-0.4, -0.2) is 16.5 Å². The number of hydrogen-bond donors (Lipinski definition) is 1. The first-order valence-electron chi connectivity index (χ1n) is 6.93. The van der Waals surface area contributed by atoms with Crippen LogP contribution in [0.4, 0.5) is 0 Å². The lowest BCUT2D eigenvalue weighted by Gasteiger charge is -2.18. The van der Waals surface area contributed by atoms with Crippen molar-refractivity contribution >= 4 is 0 Å². The molecule has 0 radical (unpaired) electrons. The highest BCUT2D eigenvalue weighted by Gasteiger charge is 2.11. The van der Waals surface area contributed by atoms with E-state index in [0.717, 1.165) is 12.3 Å². The molecule has 0 aliphatic rings. The number of nitrogens with one attached hydrogen (secondary N) is 1. The molecule has 0 bridgehead atoms. The lowest BCUT2D eigenvalue weighted by molar-refractivity contribution is 0.290. The maximum Gasteiger partial charge on any atom is 0.166 e. The number of aryl methyl sites for hydroxylation is 1. The summed E-state index contributed by atoms with van der Waals surface area (Å²) in [5.74, 6) is 1.58. The second-order valence-corrected chi connectivity index (χ2v) is 4.77. The van der Waals surface area contributed by atoms with Gasteiger partial charge in [0.05, 0.1) is 0 Å². The Morgan fingerprint density at radius 3 is 2.70 bits per heavy atom. The van der Waals surface area contributed by atoms with Crippen LogP contribution in [0.1, 0.15) is 36.8 Å². The maximum absolute atomic E-state index is 5.88. The van der Waals surface area contributed by atoms with Crippen LogP contribution in [0.5, 0.6) is 5.75 Å². The molecule has 1 heterocycles. The average molecular weight is 271 g/mol. The molecule has 1 atom stereocenters. The van der Waals surface area contributed by atoms with E-state index in [0.29, 0.717) is 12.4 Å². The molecule has 0 aliphatic carbocycles. The van der Waals surface area contributed by atoms with Crippen LogP contribution in [0.15, 0.2) is 36.7 Å². The minimum Gasteiger partial charge on any atom is -0.485 e. The highest BCUT2D eigenvalue weighted by Crippen LogP contribution is 2.26. The summed E-state index contributed by atoms with van der Waals surface area (Å²) < 4.78 is 5.88. The molecule has 2 rings (SSSR count). The molecule has 0 amide bonds. The van der Waals surface area contributed by atoms with Gasteiger partial charge in [0.15, 0.2) is 5.82 Å². The van der Waals surface area contributed by atoms with Crippen LogP contribution in [0.3, 0.4) is 0 Å². The Hall–Kier alpha value is -1.94. The fraction of sp³-hybridized carbons (Fsp3) is 0.375. The first kappa shape index (κ1) is 14.5. The summed E-state index contributed by atoms with van der Waals surface area (Å²) >= 11 is 0. The van der Waals surface area contributed by atoms with Crippen LogP contribution >= 0.6 is 0 Å². The number of hydrogen-bond acceptors (Lipinski definition) is 4. The molecular formula is C16H21N3O. The Morgan fingerprint density at radius 1 is 1.25 bits per heavy atom. The Kier molecular flexibility index (Phi) is 5.07. The summed E-state index contributed by atoms with van der Waals surface area (Å²) in [4.78, 5) is 8.34. The zero-order chi connectivity index (χ0) is 14.4. The molecule has 4 heteroatoms. The quantitative estimate of drug-likeness (QED) is 0.877. The minimum absolute atomic E-state index is 0.256. The number of benzene rings is 1. The monoisotopic (exact) mass is 271 g/mol. The topological polar surface area (TPSA) is 47.0 Å². The third kappa shape index (κ3) is 3.78. The fourth-order valence-electron chi connectivity index (χ4n) is 2.10. The molecule has 1 unspecified atom stereocenters. The van der Waals surface area contributed by atoms with Gasteiger partial charge in [0.25, 0.3) is 0 Å². The molecule has 0 saturated heterocycles. The molecule has 0 fully saturated rings. The van der Waals surface area contributed by atoms with Gasteiger partial charge in [-0.15, -0.1) is 0 Å². The van der Waals surface area contributed by atoms with E-state index >= 15 is 0 Å². The van der Waals surface area contributed by atoms with E-state index in [1.54, 1.807) is 18.5 Å². The molecule has 20 heavy (non-hydrogen) atoms. The minimum atomic E-state index is 0.256. The van der Waals surface area contributed by atoms with Gasteiger partial charge in [-0.1, -0.05) is 24.6 Å². The Morgan fingerprint density at radius 2 is 2.00 bits per heavy atom. The van der Waals surface area contributed by atoms with Crippen molar-refractivity contribution in [3.05, 3.63) is 53.6 Å². The van der Waals surface area contributed by atoms with Crippen LogP contribution in [-0.2, 0) is 6.61 Å². The molecule has 106 valence electrons. The summed E-state index contributed by atoms with van der Waals surface area (Å²) in [6.07, 6.45) is 3.45. The zero-order valence-corrected chi connectivity index (χ0v) is 12.3. The van der Waals surface area contributed by atoms with Gasteiger partial charge >= 0.3 is 0 Å². The van der Waals surface area contributed by atoms with Gasteiger partial charge in [-0.25, -0.2) is 9.97 Å². The second kappa shape index (κ2) is 7.01. The number of ether oxygens (including phenoxy) is 1. The molecular weight excluding hydrogens is 250 g/mol. The Balaban J connectivity index is 2.14. The molecule has 4 nitrogen and oxygen atoms in total. The molecule has 1 aromatic heterocycles. The van der Waals surface area contributed by atoms with Crippen molar-refractivity contribution in [2.45, 2.75) is 33.4 Å². The van der Waals surface area contributed by atoms with Gasteiger partial charge in [-0.05, 0) is 32.5 Å². The van der Waals surface area contributed by atoms with Crippen molar-refractivity contribution in [1.82, 2.24) is 15.3 Å². The van der Waals surface area contributed by atoms with Crippen molar-refractivity contribution in [1.29, 1.82) is 0 Å². The van der Waals surface area contributed by atoms with E-state index in [2.05, 4.69) is 48.2 Å². The average Bonchev–Trinajstić information content (AvgIpc) is 2.47. The van der Waals surface area contributed by atoms with Gasteiger partial charge in [0, 0.05) is 24.0 Å². The zero-order valence-electron chi connectivity index (χ0n) is 12.3. The van der Waals surface area contributed by atoms with Crippen molar-refractivity contribution in [2.24, 2.45) is 0 Å². The normalized spacial score (nSPS) is 12.2.